The Bertz CT molecular complexity index is 186. The van der Waals surface area contributed by atoms with Crippen LogP contribution in [0.1, 0.15) is 26.7 Å². The molecule has 0 aliphatic carbocycles. The van der Waals surface area contributed by atoms with Gasteiger partial charge in [0.15, 0.2) is 0 Å². The van der Waals surface area contributed by atoms with E-state index in [4.69, 9.17) is 9.84 Å². The predicted molar refractivity (Wildman–Crippen MR) is 53.2 cm³/mol. The summed E-state index contributed by atoms with van der Waals surface area (Å²) in [4.78, 5) is 10.4. The molecule has 0 spiro atoms. The summed E-state index contributed by atoms with van der Waals surface area (Å²) in [5.41, 5.74) is 0. The van der Waals surface area contributed by atoms with Crippen molar-refractivity contribution < 1.29 is 14.6 Å². The molecule has 2 N–H and O–H groups in total. The summed E-state index contributed by atoms with van der Waals surface area (Å²) in [5, 5.41) is 11.9. The molecule has 0 amide bonds. The zero-order chi connectivity index (χ0) is 10.6. The molecule has 2 unspecified atom stereocenters. The van der Waals surface area contributed by atoms with Gasteiger partial charge in [0, 0.05) is 12.6 Å². The van der Waals surface area contributed by atoms with Crippen molar-refractivity contribution in [2.24, 2.45) is 5.92 Å². The molecule has 1 aliphatic rings. The number of ether oxygens (including phenoxy) is 1. The predicted octanol–water partition coefficient (Wildman–Crippen LogP) is 0.864. The van der Waals surface area contributed by atoms with Gasteiger partial charge in [-0.1, -0.05) is 13.8 Å². The maximum Gasteiger partial charge on any atom is 0.306 e. The van der Waals surface area contributed by atoms with Crippen LogP contribution in [-0.4, -0.2) is 36.4 Å². The van der Waals surface area contributed by atoms with Gasteiger partial charge in [-0.25, -0.2) is 0 Å². The summed E-state index contributed by atoms with van der Waals surface area (Å²) in [6.45, 7) is 5.63. The van der Waals surface area contributed by atoms with E-state index in [0.717, 1.165) is 6.42 Å². The second kappa shape index (κ2) is 5.32. The first-order valence-corrected chi connectivity index (χ1v) is 5.14. The average Bonchev–Trinajstić information content (AvgIpc) is 2.06. The Labute approximate surface area is 84.6 Å². The number of carboxylic acids is 1. The van der Waals surface area contributed by atoms with E-state index in [1.165, 1.54) is 0 Å². The molecule has 1 heterocycles. The summed E-state index contributed by atoms with van der Waals surface area (Å²) < 4.78 is 5.46. The fraction of sp³-hybridized carbons (Fsp3) is 0.900. The van der Waals surface area contributed by atoms with Crippen LogP contribution in [0.25, 0.3) is 0 Å². The van der Waals surface area contributed by atoms with E-state index in [9.17, 15) is 4.79 Å². The molecule has 14 heavy (non-hydrogen) atoms. The lowest BCUT2D eigenvalue weighted by molar-refractivity contribution is -0.141. The SMILES string of the molecule is CC(C)CC1COC(CC(=O)O)CN1. The molecule has 4 nitrogen and oxygen atoms in total. The van der Waals surface area contributed by atoms with E-state index in [-0.39, 0.29) is 12.5 Å². The van der Waals surface area contributed by atoms with Gasteiger partial charge in [-0.3, -0.25) is 4.79 Å². The fourth-order valence-corrected chi connectivity index (χ4v) is 1.71. The molecule has 0 bridgehead atoms. The first-order chi connectivity index (χ1) is 6.58. The standard InChI is InChI=1S/C10H19NO3/c1-7(2)3-8-6-14-9(5-11-8)4-10(12)13/h7-9,11H,3-6H2,1-2H3,(H,12,13). The van der Waals surface area contributed by atoms with E-state index in [1.807, 2.05) is 0 Å². The lowest BCUT2D eigenvalue weighted by atomic mass is 10.0. The molecular formula is C10H19NO3. The number of hydrogen-bond acceptors (Lipinski definition) is 3. The monoisotopic (exact) mass is 201 g/mol. The number of nitrogens with one attached hydrogen (secondary N) is 1. The average molecular weight is 201 g/mol. The molecule has 1 rings (SSSR count). The van der Waals surface area contributed by atoms with E-state index in [1.54, 1.807) is 0 Å². The molecule has 0 radical (unpaired) electrons. The van der Waals surface area contributed by atoms with Crippen LogP contribution in [0.3, 0.4) is 0 Å². The van der Waals surface area contributed by atoms with E-state index in [0.29, 0.717) is 25.1 Å². The smallest absolute Gasteiger partial charge is 0.306 e. The van der Waals surface area contributed by atoms with Crippen LogP contribution in [0.15, 0.2) is 0 Å². The van der Waals surface area contributed by atoms with E-state index >= 15 is 0 Å². The Kier molecular flexibility index (Phi) is 4.35. The first-order valence-electron chi connectivity index (χ1n) is 5.14. The zero-order valence-electron chi connectivity index (χ0n) is 8.82. The van der Waals surface area contributed by atoms with Crippen LogP contribution < -0.4 is 5.32 Å². The molecule has 0 saturated carbocycles. The molecule has 82 valence electrons. The van der Waals surface area contributed by atoms with Crippen LogP contribution in [0.5, 0.6) is 0 Å². The minimum Gasteiger partial charge on any atom is -0.481 e. The Morgan fingerprint density at radius 3 is 2.79 bits per heavy atom. The zero-order valence-corrected chi connectivity index (χ0v) is 8.82. The summed E-state index contributed by atoms with van der Waals surface area (Å²) in [7, 11) is 0. The molecule has 1 fully saturated rings. The van der Waals surface area contributed by atoms with Crippen LogP contribution >= 0.6 is 0 Å². The highest BCUT2D eigenvalue weighted by molar-refractivity contribution is 5.67. The quantitative estimate of drug-likeness (QED) is 0.708. The maximum absolute atomic E-state index is 10.4. The Morgan fingerprint density at radius 1 is 1.64 bits per heavy atom. The van der Waals surface area contributed by atoms with Crippen molar-refractivity contribution in [3.8, 4) is 0 Å². The molecule has 1 saturated heterocycles. The van der Waals surface area contributed by atoms with Gasteiger partial charge in [0.05, 0.1) is 19.1 Å². The summed E-state index contributed by atoms with van der Waals surface area (Å²) >= 11 is 0. The van der Waals surface area contributed by atoms with Crippen molar-refractivity contribution in [2.75, 3.05) is 13.2 Å². The van der Waals surface area contributed by atoms with Crippen LogP contribution in [0, 0.1) is 5.92 Å². The van der Waals surface area contributed by atoms with Gasteiger partial charge in [-0.05, 0) is 12.3 Å². The molecule has 0 aromatic carbocycles. The van der Waals surface area contributed by atoms with Crippen LogP contribution in [0.2, 0.25) is 0 Å². The van der Waals surface area contributed by atoms with Crippen LogP contribution in [-0.2, 0) is 9.53 Å². The normalized spacial score (nSPS) is 27.9. The van der Waals surface area contributed by atoms with Gasteiger partial charge in [0.2, 0.25) is 0 Å². The molecule has 1 aliphatic heterocycles. The minimum absolute atomic E-state index is 0.0986. The fourth-order valence-electron chi connectivity index (χ4n) is 1.71. The first kappa shape index (κ1) is 11.5. The Morgan fingerprint density at radius 2 is 2.36 bits per heavy atom. The second-order valence-electron chi connectivity index (χ2n) is 4.29. The van der Waals surface area contributed by atoms with E-state index < -0.39 is 5.97 Å². The molecular weight excluding hydrogens is 182 g/mol. The topological polar surface area (TPSA) is 58.6 Å². The number of carboxylic acid groups (broad SMARTS) is 1. The Hall–Kier alpha value is -0.610. The van der Waals surface area contributed by atoms with Gasteiger partial charge >= 0.3 is 5.97 Å². The highest BCUT2D eigenvalue weighted by Gasteiger charge is 2.23. The molecule has 2 atom stereocenters. The second-order valence-corrected chi connectivity index (χ2v) is 4.29. The van der Waals surface area contributed by atoms with Crippen molar-refractivity contribution in [1.29, 1.82) is 0 Å². The number of morpholine rings is 1. The highest BCUT2D eigenvalue weighted by Crippen LogP contribution is 2.11. The summed E-state index contributed by atoms with van der Waals surface area (Å²) in [6.07, 6.45) is 1.03. The van der Waals surface area contributed by atoms with Crippen LogP contribution in [0.4, 0.5) is 0 Å². The van der Waals surface area contributed by atoms with Crippen molar-refractivity contribution in [3.63, 3.8) is 0 Å². The van der Waals surface area contributed by atoms with Gasteiger partial charge in [-0.2, -0.15) is 0 Å². The molecule has 4 heteroatoms. The minimum atomic E-state index is -0.792. The van der Waals surface area contributed by atoms with Gasteiger partial charge < -0.3 is 15.2 Å². The Balaban J connectivity index is 2.21. The number of carbonyl (C=O) groups is 1. The number of rotatable bonds is 4. The van der Waals surface area contributed by atoms with Crippen molar-refractivity contribution >= 4 is 5.97 Å². The van der Waals surface area contributed by atoms with Crippen molar-refractivity contribution in [1.82, 2.24) is 5.32 Å². The lowest BCUT2D eigenvalue weighted by Crippen LogP contribution is -2.47. The maximum atomic E-state index is 10.4. The largest absolute Gasteiger partial charge is 0.481 e. The summed E-state index contributed by atoms with van der Waals surface area (Å²) in [6, 6.07) is 0.389. The van der Waals surface area contributed by atoms with Gasteiger partial charge in [0.1, 0.15) is 0 Å². The molecule has 0 aromatic rings. The third-order valence-electron chi connectivity index (χ3n) is 2.33. The summed E-state index contributed by atoms with van der Waals surface area (Å²) in [5.74, 6) is -0.147. The number of hydrogen-bond donors (Lipinski definition) is 2. The van der Waals surface area contributed by atoms with Crippen molar-refractivity contribution in [3.05, 3.63) is 0 Å². The highest BCUT2D eigenvalue weighted by atomic mass is 16.5. The van der Waals surface area contributed by atoms with Crippen molar-refractivity contribution in [2.45, 2.75) is 38.8 Å². The van der Waals surface area contributed by atoms with Gasteiger partial charge in [0.25, 0.3) is 0 Å². The third kappa shape index (κ3) is 4.07. The number of aliphatic carboxylic acids is 1. The third-order valence-corrected chi connectivity index (χ3v) is 2.33. The van der Waals surface area contributed by atoms with E-state index in [2.05, 4.69) is 19.2 Å². The van der Waals surface area contributed by atoms with Gasteiger partial charge in [-0.15, -0.1) is 0 Å². The molecule has 0 aromatic heterocycles. The lowest BCUT2D eigenvalue weighted by Gasteiger charge is -2.30.